The van der Waals surface area contributed by atoms with Gasteiger partial charge < -0.3 is 15.4 Å². The van der Waals surface area contributed by atoms with Gasteiger partial charge in [0.15, 0.2) is 0 Å². The average molecular weight is 390 g/mol. The SMILES string of the molecule is CCc1ccccc1Nc1nc(C)cc(C(=O)Nc2ccc(OC(C)C)cc2)n1. The number of benzene rings is 2. The van der Waals surface area contributed by atoms with Gasteiger partial charge in [-0.3, -0.25) is 4.79 Å². The molecule has 0 aliphatic heterocycles. The van der Waals surface area contributed by atoms with Crippen molar-refractivity contribution in [2.45, 2.75) is 40.2 Å². The van der Waals surface area contributed by atoms with Crippen LogP contribution < -0.4 is 15.4 Å². The number of rotatable bonds is 7. The van der Waals surface area contributed by atoms with Crippen molar-refractivity contribution in [1.29, 1.82) is 0 Å². The minimum atomic E-state index is -0.292. The lowest BCUT2D eigenvalue weighted by Crippen LogP contribution is -2.15. The monoisotopic (exact) mass is 390 g/mol. The van der Waals surface area contributed by atoms with E-state index in [4.69, 9.17) is 4.74 Å². The molecule has 0 saturated carbocycles. The van der Waals surface area contributed by atoms with Crippen LogP contribution in [0, 0.1) is 6.92 Å². The van der Waals surface area contributed by atoms with Gasteiger partial charge in [-0.15, -0.1) is 0 Å². The minimum Gasteiger partial charge on any atom is -0.491 e. The lowest BCUT2D eigenvalue weighted by molar-refractivity contribution is 0.102. The highest BCUT2D eigenvalue weighted by molar-refractivity contribution is 6.03. The van der Waals surface area contributed by atoms with Crippen molar-refractivity contribution in [2.24, 2.45) is 0 Å². The second-order valence-corrected chi connectivity index (χ2v) is 7.00. The van der Waals surface area contributed by atoms with Gasteiger partial charge in [-0.2, -0.15) is 0 Å². The van der Waals surface area contributed by atoms with E-state index in [9.17, 15) is 4.79 Å². The molecule has 0 unspecified atom stereocenters. The zero-order valence-electron chi connectivity index (χ0n) is 17.2. The highest BCUT2D eigenvalue weighted by Crippen LogP contribution is 2.21. The van der Waals surface area contributed by atoms with Gasteiger partial charge in [0.25, 0.3) is 5.91 Å². The first-order chi connectivity index (χ1) is 13.9. The Morgan fingerprint density at radius 3 is 2.48 bits per heavy atom. The van der Waals surface area contributed by atoms with E-state index in [2.05, 4.69) is 33.6 Å². The summed E-state index contributed by atoms with van der Waals surface area (Å²) in [5, 5.41) is 6.10. The Morgan fingerprint density at radius 1 is 1.07 bits per heavy atom. The quantitative estimate of drug-likeness (QED) is 0.585. The smallest absolute Gasteiger partial charge is 0.274 e. The van der Waals surface area contributed by atoms with E-state index in [-0.39, 0.29) is 12.0 Å². The van der Waals surface area contributed by atoms with Gasteiger partial charge in [0.05, 0.1) is 6.10 Å². The van der Waals surface area contributed by atoms with Gasteiger partial charge in [-0.25, -0.2) is 9.97 Å². The molecule has 0 atom stereocenters. The summed E-state index contributed by atoms with van der Waals surface area (Å²) in [6.45, 7) is 7.87. The molecular weight excluding hydrogens is 364 g/mol. The molecule has 6 heteroatoms. The molecule has 6 nitrogen and oxygen atoms in total. The lowest BCUT2D eigenvalue weighted by Gasteiger charge is -2.12. The number of nitrogens with one attached hydrogen (secondary N) is 2. The van der Waals surface area contributed by atoms with Crippen LogP contribution in [0.5, 0.6) is 5.75 Å². The third-order valence-electron chi connectivity index (χ3n) is 4.22. The summed E-state index contributed by atoms with van der Waals surface area (Å²) in [6, 6.07) is 16.9. The summed E-state index contributed by atoms with van der Waals surface area (Å²) in [7, 11) is 0. The second kappa shape index (κ2) is 9.19. The van der Waals surface area contributed by atoms with Crippen molar-refractivity contribution >= 4 is 23.2 Å². The highest BCUT2D eigenvalue weighted by Gasteiger charge is 2.12. The Hall–Kier alpha value is -3.41. The summed E-state index contributed by atoms with van der Waals surface area (Å²) in [6.07, 6.45) is 0.988. The maximum absolute atomic E-state index is 12.7. The van der Waals surface area contributed by atoms with E-state index < -0.39 is 0 Å². The number of aromatic nitrogens is 2. The van der Waals surface area contributed by atoms with Crippen LogP contribution in [0.3, 0.4) is 0 Å². The van der Waals surface area contributed by atoms with Gasteiger partial charge >= 0.3 is 0 Å². The van der Waals surface area contributed by atoms with Crippen LogP contribution in [-0.2, 0) is 6.42 Å². The number of amides is 1. The van der Waals surface area contributed by atoms with Gasteiger partial charge in [0, 0.05) is 17.1 Å². The second-order valence-electron chi connectivity index (χ2n) is 7.00. The maximum Gasteiger partial charge on any atom is 0.274 e. The van der Waals surface area contributed by atoms with E-state index in [1.165, 1.54) is 0 Å². The molecule has 3 rings (SSSR count). The van der Waals surface area contributed by atoms with Crippen molar-refractivity contribution in [3.63, 3.8) is 0 Å². The molecular formula is C23H26N4O2. The zero-order valence-corrected chi connectivity index (χ0v) is 17.2. The molecule has 0 spiro atoms. The largest absolute Gasteiger partial charge is 0.491 e. The Morgan fingerprint density at radius 2 is 1.79 bits per heavy atom. The van der Waals surface area contributed by atoms with Gasteiger partial charge in [-0.05, 0) is 69.2 Å². The first-order valence-electron chi connectivity index (χ1n) is 9.73. The number of nitrogens with zero attached hydrogens (tertiary/aromatic N) is 2. The Bertz CT molecular complexity index is 984. The molecule has 0 radical (unpaired) electrons. The molecule has 0 aliphatic rings. The van der Waals surface area contributed by atoms with Crippen molar-refractivity contribution in [1.82, 2.24) is 9.97 Å². The molecule has 3 aromatic rings. The van der Waals surface area contributed by atoms with Crippen molar-refractivity contribution in [2.75, 3.05) is 10.6 Å². The van der Waals surface area contributed by atoms with Crippen molar-refractivity contribution in [3.05, 3.63) is 71.5 Å². The normalized spacial score (nSPS) is 10.7. The van der Waals surface area contributed by atoms with E-state index >= 15 is 0 Å². The van der Waals surface area contributed by atoms with Crippen LogP contribution in [0.25, 0.3) is 0 Å². The van der Waals surface area contributed by atoms with Crippen LogP contribution in [-0.4, -0.2) is 22.0 Å². The molecule has 0 bridgehead atoms. The number of ether oxygens (including phenoxy) is 1. The maximum atomic E-state index is 12.7. The summed E-state index contributed by atoms with van der Waals surface area (Å²) in [5.74, 6) is 0.869. The van der Waals surface area contributed by atoms with E-state index in [0.29, 0.717) is 23.0 Å². The third-order valence-corrected chi connectivity index (χ3v) is 4.22. The molecule has 150 valence electrons. The number of aryl methyl sites for hydroxylation is 2. The predicted octanol–water partition coefficient (Wildman–Crippen LogP) is 5.13. The molecule has 0 saturated heterocycles. The lowest BCUT2D eigenvalue weighted by atomic mass is 10.1. The number of para-hydroxylation sites is 1. The molecule has 2 aromatic carbocycles. The van der Waals surface area contributed by atoms with Crippen molar-refractivity contribution < 1.29 is 9.53 Å². The number of carbonyl (C=O) groups excluding carboxylic acids is 1. The summed E-state index contributed by atoms with van der Waals surface area (Å²) < 4.78 is 5.62. The number of hydrogen-bond donors (Lipinski definition) is 2. The number of anilines is 3. The number of carbonyl (C=O) groups is 1. The highest BCUT2D eigenvalue weighted by atomic mass is 16.5. The van der Waals surface area contributed by atoms with Gasteiger partial charge in [0.1, 0.15) is 11.4 Å². The Balaban J connectivity index is 1.75. The molecule has 29 heavy (non-hydrogen) atoms. The minimum absolute atomic E-state index is 0.100. The van der Waals surface area contributed by atoms with Crippen LogP contribution in [0.15, 0.2) is 54.6 Å². The fraction of sp³-hybridized carbons (Fsp3) is 0.261. The topological polar surface area (TPSA) is 76.1 Å². The molecule has 1 aromatic heterocycles. The van der Waals surface area contributed by atoms with E-state index in [1.807, 2.05) is 51.1 Å². The summed E-state index contributed by atoms with van der Waals surface area (Å²) in [5.41, 5.74) is 3.78. The zero-order chi connectivity index (χ0) is 20.8. The molecule has 1 amide bonds. The fourth-order valence-corrected chi connectivity index (χ4v) is 2.90. The van der Waals surface area contributed by atoms with Crippen LogP contribution in [0.4, 0.5) is 17.3 Å². The first kappa shape index (κ1) is 20.3. The average Bonchev–Trinajstić information content (AvgIpc) is 2.69. The van der Waals surface area contributed by atoms with E-state index in [0.717, 1.165) is 23.4 Å². The van der Waals surface area contributed by atoms with Crippen molar-refractivity contribution in [3.8, 4) is 5.75 Å². The fourth-order valence-electron chi connectivity index (χ4n) is 2.90. The molecule has 0 fully saturated rings. The number of hydrogen-bond acceptors (Lipinski definition) is 5. The molecule has 1 heterocycles. The summed E-state index contributed by atoms with van der Waals surface area (Å²) >= 11 is 0. The predicted molar refractivity (Wildman–Crippen MR) is 116 cm³/mol. The Labute approximate surface area is 171 Å². The van der Waals surface area contributed by atoms with Crippen LogP contribution in [0.1, 0.15) is 42.5 Å². The molecule has 2 N–H and O–H groups in total. The van der Waals surface area contributed by atoms with Crippen LogP contribution >= 0.6 is 0 Å². The Kier molecular flexibility index (Phi) is 6.44. The first-order valence-corrected chi connectivity index (χ1v) is 9.73. The van der Waals surface area contributed by atoms with Gasteiger partial charge in [-0.1, -0.05) is 25.1 Å². The summed E-state index contributed by atoms with van der Waals surface area (Å²) in [4.78, 5) is 21.5. The standard InChI is InChI=1S/C23H26N4O2/c1-5-17-8-6-7-9-20(17)26-23-24-16(4)14-21(27-23)22(28)25-18-10-12-19(13-11-18)29-15(2)3/h6-15H,5H2,1-4H3,(H,25,28)(H,24,26,27). The van der Waals surface area contributed by atoms with E-state index in [1.54, 1.807) is 18.2 Å². The van der Waals surface area contributed by atoms with Crippen LogP contribution in [0.2, 0.25) is 0 Å². The van der Waals surface area contributed by atoms with Gasteiger partial charge in [0.2, 0.25) is 5.95 Å². The molecule has 0 aliphatic carbocycles. The third kappa shape index (κ3) is 5.54.